The van der Waals surface area contributed by atoms with Crippen molar-refractivity contribution >= 4 is 6.08 Å². The predicted molar refractivity (Wildman–Crippen MR) is 81.2 cm³/mol. The van der Waals surface area contributed by atoms with Crippen LogP contribution in [0.25, 0.3) is 6.08 Å². The maximum absolute atomic E-state index is 5.59. The van der Waals surface area contributed by atoms with Crippen molar-refractivity contribution in [1.29, 1.82) is 0 Å². The third kappa shape index (κ3) is 6.04. The van der Waals surface area contributed by atoms with Crippen LogP contribution in [0.15, 0.2) is 36.4 Å². The quantitative estimate of drug-likeness (QED) is 0.720. The second-order valence-electron chi connectivity index (χ2n) is 5.18. The number of hydrogen-bond acceptors (Lipinski definition) is 2. The summed E-state index contributed by atoms with van der Waals surface area (Å²) in [6.07, 6.45) is 10.8. The van der Waals surface area contributed by atoms with Crippen LogP contribution < -0.4 is 5.32 Å². The van der Waals surface area contributed by atoms with Crippen molar-refractivity contribution in [2.24, 2.45) is 0 Å². The van der Waals surface area contributed by atoms with E-state index in [4.69, 9.17) is 4.74 Å². The Morgan fingerprint density at radius 1 is 1.16 bits per heavy atom. The minimum atomic E-state index is 0.707. The molecule has 0 saturated heterocycles. The van der Waals surface area contributed by atoms with Gasteiger partial charge in [-0.15, -0.1) is 0 Å². The fourth-order valence-electron chi connectivity index (χ4n) is 2.51. The van der Waals surface area contributed by atoms with Crippen LogP contribution in [0, 0.1) is 0 Å². The van der Waals surface area contributed by atoms with E-state index < -0.39 is 0 Å². The molecule has 2 heteroatoms. The van der Waals surface area contributed by atoms with Gasteiger partial charge in [-0.25, -0.2) is 0 Å². The summed E-state index contributed by atoms with van der Waals surface area (Å²) in [4.78, 5) is 0. The topological polar surface area (TPSA) is 21.3 Å². The first-order valence-corrected chi connectivity index (χ1v) is 7.48. The van der Waals surface area contributed by atoms with E-state index in [-0.39, 0.29) is 0 Å². The molecule has 1 aromatic carbocycles. The fourth-order valence-corrected chi connectivity index (χ4v) is 2.51. The van der Waals surface area contributed by atoms with E-state index in [0.29, 0.717) is 6.61 Å². The van der Waals surface area contributed by atoms with Crippen molar-refractivity contribution in [3.63, 3.8) is 0 Å². The van der Waals surface area contributed by atoms with Gasteiger partial charge < -0.3 is 10.1 Å². The summed E-state index contributed by atoms with van der Waals surface area (Å²) in [5.41, 5.74) is 1.23. The number of nitrogens with one attached hydrogen (secondary N) is 1. The SMILES string of the molecule is C(=C\c1ccccc1)/COCCCNC1CCCC1. The summed E-state index contributed by atoms with van der Waals surface area (Å²) in [7, 11) is 0. The summed E-state index contributed by atoms with van der Waals surface area (Å²) in [6.45, 7) is 2.64. The lowest BCUT2D eigenvalue weighted by atomic mass is 10.2. The molecule has 1 N–H and O–H groups in total. The molecule has 104 valence electrons. The van der Waals surface area contributed by atoms with E-state index in [1.807, 2.05) is 6.07 Å². The molecule has 1 aliphatic rings. The second-order valence-corrected chi connectivity index (χ2v) is 5.18. The normalized spacial score (nSPS) is 16.4. The Balaban J connectivity index is 1.45. The Bertz CT molecular complexity index is 355. The highest BCUT2D eigenvalue weighted by Crippen LogP contribution is 2.17. The van der Waals surface area contributed by atoms with Crippen molar-refractivity contribution in [2.45, 2.75) is 38.1 Å². The first-order chi connectivity index (χ1) is 9.45. The molecule has 2 rings (SSSR count). The third-order valence-electron chi connectivity index (χ3n) is 3.58. The summed E-state index contributed by atoms with van der Waals surface area (Å²) >= 11 is 0. The summed E-state index contributed by atoms with van der Waals surface area (Å²) in [6, 6.07) is 11.1. The lowest BCUT2D eigenvalue weighted by Gasteiger charge is -2.11. The van der Waals surface area contributed by atoms with Gasteiger partial charge in [-0.3, -0.25) is 0 Å². The largest absolute Gasteiger partial charge is 0.377 e. The molecular weight excluding hydrogens is 234 g/mol. The Morgan fingerprint density at radius 2 is 1.95 bits per heavy atom. The Kier molecular flexibility index (Phi) is 6.69. The molecule has 0 radical (unpaired) electrons. The van der Waals surface area contributed by atoms with Gasteiger partial charge in [0.05, 0.1) is 6.61 Å². The third-order valence-corrected chi connectivity index (χ3v) is 3.58. The molecule has 0 aromatic heterocycles. The van der Waals surface area contributed by atoms with Crippen molar-refractivity contribution in [3.05, 3.63) is 42.0 Å². The first kappa shape index (κ1) is 14.3. The molecule has 0 bridgehead atoms. The molecule has 19 heavy (non-hydrogen) atoms. The number of hydrogen-bond donors (Lipinski definition) is 1. The first-order valence-electron chi connectivity index (χ1n) is 7.48. The van der Waals surface area contributed by atoms with Gasteiger partial charge in [0.2, 0.25) is 0 Å². The molecule has 0 spiro atoms. The minimum Gasteiger partial charge on any atom is -0.377 e. The van der Waals surface area contributed by atoms with Crippen LogP contribution in [-0.4, -0.2) is 25.8 Å². The minimum absolute atomic E-state index is 0.707. The monoisotopic (exact) mass is 259 g/mol. The molecule has 1 aromatic rings. The van der Waals surface area contributed by atoms with Gasteiger partial charge >= 0.3 is 0 Å². The zero-order valence-electron chi connectivity index (χ0n) is 11.7. The van der Waals surface area contributed by atoms with Gasteiger partial charge in [-0.05, 0) is 31.4 Å². The number of benzene rings is 1. The second kappa shape index (κ2) is 8.89. The molecule has 0 unspecified atom stereocenters. The molecular formula is C17H25NO. The highest BCUT2D eigenvalue weighted by atomic mass is 16.5. The van der Waals surface area contributed by atoms with E-state index in [9.17, 15) is 0 Å². The number of rotatable bonds is 8. The van der Waals surface area contributed by atoms with Gasteiger partial charge in [0, 0.05) is 12.6 Å². The van der Waals surface area contributed by atoms with Crippen molar-refractivity contribution < 1.29 is 4.74 Å². The van der Waals surface area contributed by atoms with Crippen LogP contribution in [0.5, 0.6) is 0 Å². The molecule has 2 nitrogen and oxygen atoms in total. The molecule has 0 atom stereocenters. The van der Waals surface area contributed by atoms with Crippen LogP contribution >= 0.6 is 0 Å². The van der Waals surface area contributed by atoms with Crippen LogP contribution in [0.4, 0.5) is 0 Å². The highest BCUT2D eigenvalue weighted by Gasteiger charge is 2.12. The molecule has 0 heterocycles. The van der Waals surface area contributed by atoms with E-state index in [1.54, 1.807) is 0 Å². The zero-order chi connectivity index (χ0) is 13.2. The standard InChI is InChI=1S/C17H25NO/c1-2-8-16(9-3-1)10-6-14-19-15-7-13-18-17-11-4-5-12-17/h1-3,6,8-10,17-18H,4-5,7,11-15H2/b10-6+. The maximum Gasteiger partial charge on any atom is 0.0650 e. The Labute approximate surface area is 116 Å². The average Bonchev–Trinajstić information content (AvgIpc) is 2.96. The summed E-state index contributed by atoms with van der Waals surface area (Å²) < 4.78 is 5.59. The van der Waals surface area contributed by atoms with E-state index >= 15 is 0 Å². The highest BCUT2D eigenvalue weighted by molar-refractivity contribution is 5.48. The summed E-state index contributed by atoms with van der Waals surface area (Å²) in [5, 5.41) is 3.60. The molecule has 0 amide bonds. The smallest absolute Gasteiger partial charge is 0.0650 e. The molecule has 0 aliphatic heterocycles. The van der Waals surface area contributed by atoms with Crippen molar-refractivity contribution in [3.8, 4) is 0 Å². The maximum atomic E-state index is 5.59. The van der Waals surface area contributed by atoms with Crippen LogP contribution in [0.3, 0.4) is 0 Å². The summed E-state index contributed by atoms with van der Waals surface area (Å²) in [5.74, 6) is 0. The van der Waals surface area contributed by atoms with E-state index in [0.717, 1.165) is 25.6 Å². The van der Waals surface area contributed by atoms with E-state index in [2.05, 4.69) is 41.7 Å². The van der Waals surface area contributed by atoms with Gasteiger partial charge in [0.1, 0.15) is 0 Å². The van der Waals surface area contributed by atoms with Crippen LogP contribution in [-0.2, 0) is 4.74 Å². The van der Waals surface area contributed by atoms with Crippen LogP contribution in [0.1, 0.15) is 37.7 Å². The Hall–Kier alpha value is -1.12. The molecule has 1 saturated carbocycles. The lowest BCUT2D eigenvalue weighted by molar-refractivity contribution is 0.159. The van der Waals surface area contributed by atoms with Crippen LogP contribution in [0.2, 0.25) is 0 Å². The van der Waals surface area contributed by atoms with E-state index in [1.165, 1.54) is 31.2 Å². The van der Waals surface area contributed by atoms with Gasteiger partial charge in [-0.1, -0.05) is 55.3 Å². The van der Waals surface area contributed by atoms with Gasteiger partial charge in [0.15, 0.2) is 0 Å². The lowest BCUT2D eigenvalue weighted by Crippen LogP contribution is -2.27. The van der Waals surface area contributed by atoms with Crippen molar-refractivity contribution in [1.82, 2.24) is 5.32 Å². The average molecular weight is 259 g/mol. The Morgan fingerprint density at radius 3 is 2.74 bits per heavy atom. The molecule has 1 fully saturated rings. The van der Waals surface area contributed by atoms with Crippen molar-refractivity contribution in [2.75, 3.05) is 19.8 Å². The van der Waals surface area contributed by atoms with Gasteiger partial charge in [-0.2, -0.15) is 0 Å². The fraction of sp³-hybridized carbons (Fsp3) is 0.529. The van der Waals surface area contributed by atoms with Gasteiger partial charge in [0.25, 0.3) is 0 Å². The zero-order valence-corrected chi connectivity index (χ0v) is 11.7. The number of ether oxygens (including phenoxy) is 1. The molecule has 1 aliphatic carbocycles. The predicted octanol–water partition coefficient (Wildman–Crippen LogP) is 3.64.